The second kappa shape index (κ2) is 9.33. The minimum absolute atomic E-state index is 0.297. The van der Waals surface area contributed by atoms with Gasteiger partial charge < -0.3 is 10.2 Å². The van der Waals surface area contributed by atoms with Gasteiger partial charge in [0.1, 0.15) is 5.70 Å². The minimum Gasteiger partial charge on any atom is -0.372 e. The lowest BCUT2D eigenvalue weighted by atomic mass is 10.0. The van der Waals surface area contributed by atoms with Crippen LogP contribution >= 0.6 is 0 Å². The molecule has 0 aliphatic carbocycles. The maximum atomic E-state index is 13.6. The summed E-state index contributed by atoms with van der Waals surface area (Å²) in [5.41, 5.74) is 5.92. The predicted octanol–water partition coefficient (Wildman–Crippen LogP) is 5.55. The number of imide groups is 1. The number of carbonyl (C=O) groups excluding carboxylic acids is 2. The monoisotopic (exact) mass is 439 g/mol. The quantitative estimate of drug-likeness (QED) is 0.491. The van der Waals surface area contributed by atoms with E-state index in [0.717, 1.165) is 41.2 Å². The number of hydrogen-bond donors (Lipinski definition) is 1. The fourth-order valence-corrected chi connectivity index (χ4v) is 4.12. The van der Waals surface area contributed by atoms with Crippen molar-refractivity contribution in [3.8, 4) is 0 Å². The molecule has 0 radical (unpaired) electrons. The molecule has 1 heterocycles. The molecule has 1 aliphatic rings. The summed E-state index contributed by atoms with van der Waals surface area (Å²) in [5, 5.41) is 3.26. The van der Waals surface area contributed by atoms with Gasteiger partial charge in [-0.1, -0.05) is 48.0 Å². The summed E-state index contributed by atoms with van der Waals surface area (Å²) in [7, 11) is 0. The Balaban J connectivity index is 1.76. The third-order valence-corrected chi connectivity index (χ3v) is 6.07. The van der Waals surface area contributed by atoms with E-state index in [4.69, 9.17) is 0 Å². The fourth-order valence-electron chi connectivity index (χ4n) is 4.12. The van der Waals surface area contributed by atoms with Crippen LogP contribution in [0, 0.1) is 13.8 Å². The van der Waals surface area contributed by atoms with E-state index in [9.17, 15) is 9.59 Å². The van der Waals surface area contributed by atoms with Crippen LogP contribution in [0.4, 0.5) is 17.1 Å². The van der Waals surface area contributed by atoms with E-state index >= 15 is 0 Å². The highest BCUT2D eigenvalue weighted by Gasteiger charge is 2.40. The van der Waals surface area contributed by atoms with Crippen LogP contribution in [0.5, 0.6) is 0 Å². The minimum atomic E-state index is -0.352. The zero-order valence-corrected chi connectivity index (χ0v) is 19.6. The molecule has 0 aromatic heterocycles. The SMILES string of the molecule is CCN(CC)c1ccc(N2C(=O)C(Nc3ccccc3C)=C(c3ccc(C)cc3)C2=O)cc1. The largest absolute Gasteiger partial charge is 0.372 e. The van der Waals surface area contributed by atoms with Crippen molar-refractivity contribution in [2.75, 3.05) is 28.2 Å². The number of nitrogens with one attached hydrogen (secondary N) is 1. The van der Waals surface area contributed by atoms with E-state index in [1.54, 1.807) is 0 Å². The van der Waals surface area contributed by atoms with Crippen molar-refractivity contribution < 1.29 is 9.59 Å². The Bertz CT molecular complexity index is 1210. The van der Waals surface area contributed by atoms with Crippen molar-refractivity contribution >= 4 is 34.4 Å². The average molecular weight is 440 g/mol. The Kier molecular flexibility index (Phi) is 6.31. The molecular weight excluding hydrogens is 410 g/mol. The summed E-state index contributed by atoms with van der Waals surface area (Å²) in [6.45, 7) is 9.95. The molecule has 0 unspecified atom stereocenters. The number of amides is 2. The third kappa shape index (κ3) is 4.27. The third-order valence-electron chi connectivity index (χ3n) is 6.07. The van der Waals surface area contributed by atoms with Crippen molar-refractivity contribution in [1.29, 1.82) is 0 Å². The summed E-state index contributed by atoms with van der Waals surface area (Å²) < 4.78 is 0. The molecule has 5 heteroatoms. The maximum Gasteiger partial charge on any atom is 0.282 e. The molecule has 2 amide bonds. The first-order chi connectivity index (χ1) is 15.9. The first-order valence-corrected chi connectivity index (χ1v) is 11.3. The van der Waals surface area contributed by atoms with E-state index in [2.05, 4.69) is 24.1 Å². The van der Waals surface area contributed by atoms with Crippen molar-refractivity contribution in [2.45, 2.75) is 27.7 Å². The van der Waals surface area contributed by atoms with Crippen LogP contribution in [-0.2, 0) is 9.59 Å². The fraction of sp³-hybridized carbons (Fsp3) is 0.214. The highest BCUT2D eigenvalue weighted by atomic mass is 16.2. The van der Waals surface area contributed by atoms with Gasteiger partial charge in [0.25, 0.3) is 11.8 Å². The number of hydrogen-bond acceptors (Lipinski definition) is 4. The zero-order valence-electron chi connectivity index (χ0n) is 19.6. The lowest BCUT2D eigenvalue weighted by Gasteiger charge is -2.22. The summed E-state index contributed by atoms with van der Waals surface area (Å²) in [6, 6.07) is 23.0. The van der Waals surface area contributed by atoms with Gasteiger partial charge in [-0.2, -0.15) is 0 Å². The Morgan fingerprint density at radius 1 is 0.788 bits per heavy atom. The van der Waals surface area contributed by atoms with E-state index < -0.39 is 0 Å². The molecule has 0 fully saturated rings. The Morgan fingerprint density at radius 2 is 1.42 bits per heavy atom. The second-order valence-corrected chi connectivity index (χ2v) is 8.19. The predicted molar refractivity (Wildman–Crippen MR) is 135 cm³/mol. The number of carbonyl (C=O) groups is 2. The molecule has 0 saturated heterocycles. The van der Waals surface area contributed by atoms with Gasteiger partial charge in [0.05, 0.1) is 11.3 Å². The average Bonchev–Trinajstić information content (AvgIpc) is 3.06. The summed E-state index contributed by atoms with van der Waals surface area (Å²) in [4.78, 5) is 30.7. The molecule has 0 spiro atoms. The molecule has 3 aromatic carbocycles. The van der Waals surface area contributed by atoms with Crippen molar-refractivity contribution in [3.63, 3.8) is 0 Å². The molecule has 1 N–H and O–H groups in total. The summed E-state index contributed by atoms with van der Waals surface area (Å²) in [5.74, 6) is -0.676. The van der Waals surface area contributed by atoms with Crippen LogP contribution in [0.15, 0.2) is 78.5 Å². The van der Waals surface area contributed by atoms with Crippen LogP contribution in [0.25, 0.3) is 5.57 Å². The second-order valence-electron chi connectivity index (χ2n) is 8.19. The van der Waals surface area contributed by atoms with E-state index in [1.165, 1.54) is 4.90 Å². The Hall–Kier alpha value is -3.86. The van der Waals surface area contributed by atoms with Crippen molar-refractivity contribution in [3.05, 3.63) is 95.2 Å². The van der Waals surface area contributed by atoms with Crippen LogP contribution in [0.3, 0.4) is 0 Å². The van der Waals surface area contributed by atoms with Crippen LogP contribution in [0.1, 0.15) is 30.5 Å². The van der Waals surface area contributed by atoms with Crippen LogP contribution in [0.2, 0.25) is 0 Å². The first-order valence-electron chi connectivity index (χ1n) is 11.3. The van der Waals surface area contributed by atoms with Crippen molar-refractivity contribution in [1.82, 2.24) is 0 Å². The molecule has 33 heavy (non-hydrogen) atoms. The number of aryl methyl sites for hydroxylation is 2. The lowest BCUT2D eigenvalue weighted by Crippen LogP contribution is -2.32. The highest BCUT2D eigenvalue weighted by Crippen LogP contribution is 2.35. The highest BCUT2D eigenvalue weighted by molar-refractivity contribution is 6.46. The lowest BCUT2D eigenvalue weighted by molar-refractivity contribution is -0.120. The normalized spacial score (nSPS) is 13.6. The van der Waals surface area contributed by atoms with Gasteiger partial charge >= 0.3 is 0 Å². The topological polar surface area (TPSA) is 52.6 Å². The standard InChI is InChI=1S/C28H29N3O2/c1-5-30(6-2)22-15-17-23(18-16-22)31-27(32)25(21-13-11-19(3)12-14-21)26(28(31)33)29-24-10-8-7-9-20(24)4/h7-18,29H,5-6H2,1-4H3. The van der Waals surface area contributed by atoms with Gasteiger partial charge in [-0.05, 0) is 69.2 Å². The first kappa shape index (κ1) is 22.3. The van der Waals surface area contributed by atoms with Gasteiger partial charge in [-0.15, -0.1) is 0 Å². The molecule has 5 nitrogen and oxygen atoms in total. The number of nitrogens with zero attached hydrogens (tertiary/aromatic N) is 2. The molecule has 1 aliphatic heterocycles. The van der Waals surface area contributed by atoms with E-state index in [-0.39, 0.29) is 11.8 Å². The molecule has 0 bridgehead atoms. The smallest absolute Gasteiger partial charge is 0.282 e. The molecule has 0 saturated carbocycles. The van der Waals surface area contributed by atoms with Gasteiger partial charge in [0.15, 0.2) is 0 Å². The Morgan fingerprint density at radius 3 is 2.03 bits per heavy atom. The van der Waals surface area contributed by atoms with Crippen LogP contribution in [-0.4, -0.2) is 24.9 Å². The van der Waals surface area contributed by atoms with Gasteiger partial charge in [-0.25, -0.2) is 4.90 Å². The maximum absolute atomic E-state index is 13.6. The zero-order chi connectivity index (χ0) is 23.5. The number of anilines is 3. The van der Waals surface area contributed by atoms with Gasteiger partial charge in [0.2, 0.25) is 0 Å². The molecule has 4 rings (SSSR count). The van der Waals surface area contributed by atoms with E-state index in [1.807, 2.05) is 86.6 Å². The summed E-state index contributed by atoms with van der Waals surface area (Å²) in [6.07, 6.45) is 0. The molecule has 0 atom stereocenters. The Labute approximate surface area is 195 Å². The number of para-hydroxylation sites is 1. The number of benzene rings is 3. The van der Waals surface area contributed by atoms with Crippen LogP contribution < -0.4 is 15.1 Å². The number of rotatable bonds is 7. The van der Waals surface area contributed by atoms with Gasteiger partial charge in [-0.3, -0.25) is 9.59 Å². The molecule has 3 aromatic rings. The van der Waals surface area contributed by atoms with E-state index in [0.29, 0.717) is 17.0 Å². The molecular formula is C28H29N3O2. The van der Waals surface area contributed by atoms with Gasteiger partial charge in [0, 0.05) is 24.5 Å². The molecule has 168 valence electrons. The summed E-state index contributed by atoms with van der Waals surface area (Å²) >= 11 is 0. The van der Waals surface area contributed by atoms with Crippen molar-refractivity contribution in [2.24, 2.45) is 0 Å².